The molecule has 120 valence electrons. The molecule has 22 heavy (non-hydrogen) atoms. The topological polar surface area (TPSA) is 48.4 Å². The van der Waals surface area contributed by atoms with Crippen LogP contribution in [0.15, 0.2) is 30.5 Å². The number of pyridine rings is 1. The summed E-state index contributed by atoms with van der Waals surface area (Å²) in [6.07, 6.45) is -3.14. The first-order chi connectivity index (χ1) is 10.3. The molecule has 0 aliphatic heterocycles. The summed E-state index contributed by atoms with van der Waals surface area (Å²) < 4.78 is 61.3. The summed E-state index contributed by atoms with van der Waals surface area (Å²) in [4.78, 5) is 4.04. The van der Waals surface area contributed by atoms with Gasteiger partial charge in [-0.3, -0.25) is 9.55 Å². The molecule has 0 bridgehead atoms. The molecular formula is C14H15F3NO3P. The molecule has 0 spiro atoms. The van der Waals surface area contributed by atoms with Crippen LogP contribution < -0.4 is 5.30 Å². The molecule has 0 saturated heterocycles. The molecule has 2 aromatic rings. The molecule has 2 rings (SSSR count). The Kier molecular flexibility index (Phi) is 4.90. The van der Waals surface area contributed by atoms with E-state index in [0.717, 1.165) is 12.1 Å². The van der Waals surface area contributed by atoms with Gasteiger partial charge in [0.2, 0.25) is 0 Å². The Labute approximate surface area is 125 Å². The maximum Gasteiger partial charge on any atom is 0.416 e. The van der Waals surface area contributed by atoms with Gasteiger partial charge in [0.05, 0.1) is 29.6 Å². The molecule has 4 nitrogen and oxygen atoms in total. The minimum absolute atomic E-state index is 0.142. The third kappa shape index (κ3) is 3.48. The number of benzene rings is 1. The highest BCUT2D eigenvalue weighted by Gasteiger charge is 2.31. The van der Waals surface area contributed by atoms with E-state index in [0.29, 0.717) is 5.52 Å². The quantitative estimate of drug-likeness (QED) is 0.772. The Morgan fingerprint density at radius 3 is 2.32 bits per heavy atom. The summed E-state index contributed by atoms with van der Waals surface area (Å²) in [5.41, 5.74) is -0.419. The molecule has 0 radical (unpaired) electrons. The Morgan fingerprint density at radius 1 is 1.14 bits per heavy atom. The van der Waals surface area contributed by atoms with Gasteiger partial charge in [0.15, 0.2) is 0 Å². The zero-order chi connectivity index (χ0) is 16.4. The number of halogens is 3. The van der Waals surface area contributed by atoms with E-state index >= 15 is 0 Å². The number of hydrogen-bond donors (Lipinski definition) is 0. The number of hydrogen-bond acceptors (Lipinski definition) is 4. The molecule has 0 atom stereocenters. The van der Waals surface area contributed by atoms with E-state index in [2.05, 4.69) is 4.98 Å². The third-order valence-corrected chi connectivity index (χ3v) is 4.98. The maximum atomic E-state index is 12.8. The van der Waals surface area contributed by atoms with E-state index in [1.807, 2.05) is 0 Å². The van der Waals surface area contributed by atoms with Gasteiger partial charge in [0.25, 0.3) is 0 Å². The fraction of sp³-hybridized carbons (Fsp3) is 0.357. The molecule has 1 aromatic carbocycles. The molecule has 1 heterocycles. The molecule has 0 aliphatic carbocycles. The van der Waals surface area contributed by atoms with Crippen molar-refractivity contribution in [1.82, 2.24) is 4.98 Å². The fourth-order valence-corrected chi connectivity index (χ4v) is 3.52. The average molecular weight is 333 g/mol. The first-order valence-electron chi connectivity index (χ1n) is 6.67. The van der Waals surface area contributed by atoms with Crippen molar-refractivity contribution in [2.45, 2.75) is 20.0 Å². The van der Waals surface area contributed by atoms with Crippen LogP contribution in [0.25, 0.3) is 10.9 Å². The minimum Gasteiger partial charge on any atom is -0.305 e. The van der Waals surface area contributed by atoms with E-state index < -0.39 is 19.3 Å². The lowest BCUT2D eigenvalue weighted by Crippen LogP contribution is -2.12. The van der Waals surface area contributed by atoms with Gasteiger partial charge >= 0.3 is 13.8 Å². The van der Waals surface area contributed by atoms with Gasteiger partial charge in [0, 0.05) is 11.6 Å². The van der Waals surface area contributed by atoms with Gasteiger partial charge in [0.1, 0.15) is 0 Å². The first kappa shape index (κ1) is 16.9. The van der Waals surface area contributed by atoms with Crippen LogP contribution in [0, 0.1) is 0 Å². The van der Waals surface area contributed by atoms with Gasteiger partial charge < -0.3 is 9.05 Å². The van der Waals surface area contributed by atoms with Crippen LogP contribution in [0.4, 0.5) is 13.2 Å². The van der Waals surface area contributed by atoms with Gasteiger partial charge in [-0.25, -0.2) is 0 Å². The number of nitrogens with zero attached hydrogens (tertiary/aromatic N) is 1. The second-order valence-electron chi connectivity index (χ2n) is 4.43. The van der Waals surface area contributed by atoms with Crippen LogP contribution in [0.2, 0.25) is 0 Å². The summed E-state index contributed by atoms with van der Waals surface area (Å²) >= 11 is 0. The summed E-state index contributed by atoms with van der Waals surface area (Å²) in [6, 6.07) is 4.56. The van der Waals surface area contributed by atoms with Crippen LogP contribution in [-0.2, 0) is 19.8 Å². The fourth-order valence-electron chi connectivity index (χ4n) is 1.97. The van der Waals surface area contributed by atoms with Crippen LogP contribution >= 0.6 is 7.60 Å². The molecular weight excluding hydrogens is 318 g/mol. The zero-order valence-corrected chi connectivity index (χ0v) is 12.9. The van der Waals surface area contributed by atoms with Crippen LogP contribution in [0.3, 0.4) is 0 Å². The normalized spacial score (nSPS) is 12.8. The first-order valence-corrected chi connectivity index (χ1v) is 8.21. The van der Waals surface area contributed by atoms with Crippen molar-refractivity contribution < 1.29 is 26.8 Å². The van der Waals surface area contributed by atoms with Crippen molar-refractivity contribution in [2.24, 2.45) is 0 Å². The van der Waals surface area contributed by atoms with Gasteiger partial charge in [-0.15, -0.1) is 0 Å². The van der Waals surface area contributed by atoms with Gasteiger partial charge in [-0.2, -0.15) is 13.2 Å². The molecule has 0 fully saturated rings. The number of fused-ring (bicyclic) bond motifs is 1. The molecule has 0 amide bonds. The van der Waals surface area contributed by atoms with E-state index in [4.69, 9.17) is 9.05 Å². The summed E-state index contributed by atoms with van der Waals surface area (Å²) in [5, 5.41) is 0.370. The van der Waals surface area contributed by atoms with E-state index in [1.165, 1.54) is 18.3 Å². The molecule has 0 N–H and O–H groups in total. The van der Waals surface area contributed by atoms with Crippen molar-refractivity contribution in [3.63, 3.8) is 0 Å². The molecule has 0 saturated carbocycles. The Morgan fingerprint density at radius 2 is 1.77 bits per heavy atom. The lowest BCUT2D eigenvalue weighted by molar-refractivity contribution is -0.137. The predicted octanol–water partition coefficient (Wildman–Crippen LogP) is 4.15. The second kappa shape index (κ2) is 6.36. The summed E-state index contributed by atoms with van der Waals surface area (Å²) in [6.45, 7) is 3.61. The highest BCUT2D eigenvalue weighted by atomic mass is 31.2. The van der Waals surface area contributed by atoms with Crippen molar-refractivity contribution in [3.05, 3.63) is 36.0 Å². The predicted molar refractivity (Wildman–Crippen MR) is 77.2 cm³/mol. The maximum absolute atomic E-state index is 12.8. The largest absolute Gasteiger partial charge is 0.416 e. The zero-order valence-electron chi connectivity index (χ0n) is 12.1. The summed E-state index contributed by atoms with van der Waals surface area (Å²) in [5.74, 6) is 0. The van der Waals surface area contributed by atoms with E-state index in [1.54, 1.807) is 13.8 Å². The van der Waals surface area contributed by atoms with Crippen molar-refractivity contribution in [2.75, 3.05) is 13.2 Å². The highest BCUT2D eigenvalue weighted by Crippen LogP contribution is 2.47. The average Bonchev–Trinajstić information content (AvgIpc) is 2.45. The van der Waals surface area contributed by atoms with E-state index in [-0.39, 0.29) is 23.9 Å². The van der Waals surface area contributed by atoms with Crippen molar-refractivity contribution in [1.29, 1.82) is 0 Å². The van der Waals surface area contributed by atoms with Crippen LogP contribution in [0.1, 0.15) is 19.4 Å². The number of aromatic nitrogens is 1. The standard InChI is InChI=1S/C14H15F3NO3P/c1-3-20-22(19,21-4-2)12-8-10-7-11(14(15,16)17)5-6-13(10)18-9-12/h5-9H,3-4H2,1-2H3. The van der Waals surface area contributed by atoms with Crippen molar-refractivity contribution >= 4 is 23.8 Å². The number of rotatable bonds is 5. The lowest BCUT2D eigenvalue weighted by Gasteiger charge is -2.17. The number of alkyl halides is 3. The monoisotopic (exact) mass is 333 g/mol. The Bertz CT molecular complexity index is 708. The van der Waals surface area contributed by atoms with Gasteiger partial charge in [-0.1, -0.05) is 0 Å². The van der Waals surface area contributed by atoms with Crippen molar-refractivity contribution in [3.8, 4) is 0 Å². The smallest absolute Gasteiger partial charge is 0.305 e. The molecule has 1 aromatic heterocycles. The molecule has 8 heteroatoms. The Balaban J connectivity index is 2.54. The van der Waals surface area contributed by atoms with Crippen LogP contribution in [0.5, 0.6) is 0 Å². The van der Waals surface area contributed by atoms with Crippen LogP contribution in [-0.4, -0.2) is 18.2 Å². The molecule has 0 unspecified atom stereocenters. The Hall–Kier alpha value is -1.43. The van der Waals surface area contributed by atoms with Gasteiger partial charge in [-0.05, 0) is 38.1 Å². The highest BCUT2D eigenvalue weighted by molar-refractivity contribution is 7.62. The third-order valence-electron chi connectivity index (χ3n) is 2.91. The SMILES string of the molecule is CCOP(=O)(OCC)c1cnc2ccc(C(F)(F)F)cc2c1. The van der Waals surface area contributed by atoms with E-state index in [9.17, 15) is 17.7 Å². The summed E-state index contributed by atoms with van der Waals surface area (Å²) in [7, 11) is -3.58. The lowest BCUT2D eigenvalue weighted by atomic mass is 10.1. The minimum atomic E-state index is -4.45. The second-order valence-corrected chi connectivity index (χ2v) is 6.46. The molecule has 0 aliphatic rings.